The number of allylic oxidation sites excluding steroid dienone is 14. The molecule has 59 heavy (non-hydrogen) atoms. The van der Waals surface area contributed by atoms with Gasteiger partial charge in [-0.25, -0.2) is 4.57 Å². The SMILES string of the molecule is CC/C=C/C/C=C/C/C=C/C/C=C/C/C=C/C/C=C/CCC(=O)O[C@H](COC(=O)CCCCCCCCC/C=C/CCCCCCCC)COP(=O)(O)OC[C@@H](O)CO. The first kappa shape index (κ1) is 56.1. The van der Waals surface area contributed by atoms with E-state index < -0.39 is 51.8 Å². The fourth-order valence-corrected chi connectivity index (χ4v) is 6.39. The molecule has 0 aliphatic carbocycles. The zero-order valence-electron chi connectivity index (χ0n) is 36.7. The predicted octanol–water partition coefficient (Wildman–Crippen LogP) is 12.2. The molecule has 0 aliphatic rings. The van der Waals surface area contributed by atoms with E-state index in [4.69, 9.17) is 19.1 Å². The minimum Gasteiger partial charge on any atom is -0.462 e. The van der Waals surface area contributed by atoms with E-state index in [1.54, 1.807) is 0 Å². The van der Waals surface area contributed by atoms with Crippen LogP contribution in [0.4, 0.5) is 0 Å². The molecular weight excluding hydrogens is 767 g/mol. The molecule has 11 heteroatoms. The number of aliphatic hydroxyl groups excluding tert-OH is 2. The van der Waals surface area contributed by atoms with Crippen molar-refractivity contribution >= 4 is 19.8 Å². The number of carbonyl (C=O) groups is 2. The van der Waals surface area contributed by atoms with Crippen LogP contribution in [0.15, 0.2) is 85.1 Å². The van der Waals surface area contributed by atoms with Crippen LogP contribution in [-0.2, 0) is 32.7 Å². The summed E-state index contributed by atoms with van der Waals surface area (Å²) in [5.74, 6) is -1.03. The van der Waals surface area contributed by atoms with Crippen LogP contribution < -0.4 is 0 Å². The molecule has 0 aromatic heterocycles. The molecule has 1 unspecified atom stereocenters. The number of hydrogen-bond donors (Lipinski definition) is 3. The van der Waals surface area contributed by atoms with Gasteiger partial charge in [0.25, 0.3) is 0 Å². The summed E-state index contributed by atoms with van der Waals surface area (Å²) in [5, 5.41) is 18.3. The monoisotopic (exact) mass is 849 g/mol. The molecule has 0 heterocycles. The maximum Gasteiger partial charge on any atom is 0.472 e. The molecule has 0 rings (SSSR count). The standard InChI is InChI=1S/C48H81O10P/c1-3-5-7-9-11-13-15-17-19-21-22-24-26-28-30-32-34-36-38-40-48(52)58-46(44-57-59(53,54)56-42-45(50)41-49)43-55-47(51)39-37-35-33-31-29-27-25-23-20-18-16-14-12-10-8-6-4-2/h5,7,11,13,17-20,22,24,28,30,34,36,45-46,49-50H,3-4,6,8-10,12,14-16,21,23,25-27,29,31-33,35,37-44H2,1-2H3,(H,53,54)/b7-5+,13-11+,19-17+,20-18+,24-22+,30-28+,36-34+/t45-,46+/m0/s1. The molecule has 3 atom stereocenters. The largest absolute Gasteiger partial charge is 0.472 e. The summed E-state index contributed by atoms with van der Waals surface area (Å²) in [4.78, 5) is 35.0. The summed E-state index contributed by atoms with van der Waals surface area (Å²) in [6, 6.07) is 0. The molecule has 0 saturated heterocycles. The molecule has 0 amide bonds. The molecule has 0 spiro atoms. The second-order valence-electron chi connectivity index (χ2n) is 14.7. The predicted molar refractivity (Wildman–Crippen MR) is 242 cm³/mol. The fraction of sp³-hybridized carbons (Fsp3) is 0.667. The first-order valence-corrected chi connectivity index (χ1v) is 24.0. The lowest BCUT2D eigenvalue weighted by Gasteiger charge is -2.20. The van der Waals surface area contributed by atoms with Crippen molar-refractivity contribution in [2.24, 2.45) is 0 Å². The van der Waals surface area contributed by atoms with Gasteiger partial charge in [0.1, 0.15) is 12.7 Å². The van der Waals surface area contributed by atoms with Crippen molar-refractivity contribution in [3.05, 3.63) is 85.1 Å². The van der Waals surface area contributed by atoms with E-state index in [-0.39, 0.29) is 19.4 Å². The van der Waals surface area contributed by atoms with Gasteiger partial charge in [0.15, 0.2) is 6.10 Å². The van der Waals surface area contributed by atoms with Crippen molar-refractivity contribution in [3.8, 4) is 0 Å². The number of ether oxygens (including phenoxy) is 2. The summed E-state index contributed by atoms with van der Waals surface area (Å²) in [7, 11) is -4.65. The van der Waals surface area contributed by atoms with Crippen molar-refractivity contribution < 1.29 is 47.8 Å². The first-order valence-electron chi connectivity index (χ1n) is 22.5. The Bertz CT molecular complexity index is 1250. The van der Waals surface area contributed by atoms with Crippen LogP contribution in [0.3, 0.4) is 0 Å². The molecule has 3 N–H and O–H groups in total. The number of phosphoric ester groups is 1. The van der Waals surface area contributed by atoms with Crippen LogP contribution in [0.5, 0.6) is 0 Å². The summed E-state index contributed by atoms with van der Waals surface area (Å²) < 4.78 is 32.7. The van der Waals surface area contributed by atoms with Crippen LogP contribution in [-0.4, -0.2) is 65.7 Å². The molecule has 0 aliphatic heterocycles. The van der Waals surface area contributed by atoms with Crippen molar-refractivity contribution in [2.45, 2.75) is 180 Å². The summed E-state index contributed by atoms with van der Waals surface area (Å²) in [6.07, 6.45) is 51.3. The molecule has 0 radical (unpaired) electrons. The van der Waals surface area contributed by atoms with Crippen molar-refractivity contribution in [3.63, 3.8) is 0 Å². The van der Waals surface area contributed by atoms with Gasteiger partial charge in [0.05, 0.1) is 19.8 Å². The van der Waals surface area contributed by atoms with Gasteiger partial charge < -0.3 is 24.6 Å². The van der Waals surface area contributed by atoms with E-state index in [0.29, 0.717) is 12.8 Å². The minimum atomic E-state index is -4.65. The highest BCUT2D eigenvalue weighted by Gasteiger charge is 2.27. The van der Waals surface area contributed by atoms with E-state index in [9.17, 15) is 24.2 Å². The van der Waals surface area contributed by atoms with E-state index in [2.05, 4.69) is 91.3 Å². The van der Waals surface area contributed by atoms with E-state index in [1.807, 2.05) is 12.2 Å². The Hall–Kier alpha value is -2.85. The smallest absolute Gasteiger partial charge is 0.462 e. The Balaban J connectivity index is 4.42. The maximum atomic E-state index is 12.6. The van der Waals surface area contributed by atoms with Gasteiger partial charge in [-0.1, -0.05) is 163 Å². The molecule has 0 saturated carbocycles. The van der Waals surface area contributed by atoms with Gasteiger partial charge >= 0.3 is 19.8 Å². The van der Waals surface area contributed by atoms with Crippen LogP contribution in [0.1, 0.15) is 168 Å². The number of unbranched alkanes of at least 4 members (excludes halogenated alkanes) is 13. The van der Waals surface area contributed by atoms with Gasteiger partial charge in [-0.05, 0) is 77.0 Å². The van der Waals surface area contributed by atoms with Gasteiger partial charge in [0.2, 0.25) is 0 Å². The Labute approximate surface area is 358 Å². The van der Waals surface area contributed by atoms with E-state index >= 15 is 0 Å². The lowest BCUT2D eigenvalue weighted by molar-refractivity contribution is -0.161. The second kappa shape index (κ2) is 43.2. The fourth-order valence-electron chi connectivity index (χ4n) is 5.60. The average molecular weight is 849 g/mol. The average Bonchev–Trinajstić information content (AvgIpc) is 3.22. The highest BCUT2D eigenvalue weighted by Crippen LogP contribution is 2.43. The first-order chi connectivity index (χ1) is 28.7. The molecular formula is C48H81O10P. The summed E-state index contributed by atoms with van der Waals surface area (Å²) in [5.41, 5.74) is 0. The molecule has 0 fully saturated rings. The lowest BCUT2D eigenvalue weighted by atomic mass is 10.1. The topological polar surface area (TPSA) is 149 Å². The van der Waals surface area contributed by atoms with Gasteiger partial charge in [-0.2, -0.15) is 0 Å². The van der Waals surface area contributed by atoms with Crippen molar-refractivity contribution in [1.29, 1.82) is 0 Å². The number of rotatable bonds is 41. The number of phosphoric acid groups is 1. The number of aliphatic hydroxyl groups is 2. The highest BCUT2D eigenvalue weighted by atomic mass is 31.2. The highest BCUT2D eigenvalue weighted by molar-refractivity contribution is 7.47. The molecule has 0 aromatic carbocycles. The molecule has 338 valence electrons. The van der Waals surface area contributed by atoms with Crippen molar-refractivity contribution in [1.82, 2.24) is 0 Å². The quantitative estimate of drug-likeness (QED) is 0.0235. The third-order valence-electron chi connectivity index (χ3n) is 9.05. The normalized spacial score (nSPS) is 14.6. The zero-order valence-corrected chi connectivity index (χ0v) is 37.6. The number of carbonyl (C=O) groups excluding carboxylic acids is 2. The summed E-state index contributed by atoms with van der Waals surface area (Å²) in [6.45, 7) is 2.16. The Morgan fingerprint density at radius 2 is 0.966 bits per heavy atom. The molecule has 0 bridgehead atoms. The Kier molecular flexibility index (Phi) is 41.2. The number of esters is 2. The third kappa shape index (κ3) is 43.1. The van der Waals surface area contributed by atoms with Crippen molar-refractivity contribution in [2.75, 3.05) is 26.4 Å². The van der Waals surface area contributed by atoms with E-state index in [1.165, 1.54) is 64.2 Å². The van der Waals surface area contributed by atoms with Crippen LogP contribution in [0.2, 0.25) is 0 Å². The van der Waals surface area contributed by atoms with Crippen LogP contribution in [0.25, 0.3) is 0 Å². The van der Waals surface area contributed by atoms with Crippen LogP contribution >= 0.6 is 7.82 Å². The third-order valence-corrected chi connectivity index (χ3v) is 10.00. The summed E-state index contributed by atoms with van der Waals surface area (Å²) >= 11 is 0. The maximum absolute atomic E-state index is 12.6. The van der Waals surface area contributed by atoms with Gasteiger partial charge in [0, 0.05) is 12.8 Å². The van der Waals surface area contributed by atoms with E-state index in [0.717, 1.165) is 64.2 Å². The Morgan fingerprint density at radius 3 is 1.47 bits per heavy atom. The zero-order chi connectivity index (χ0) is 43.3. The van der Waals surface area contributed by atoms with Gasteiger partial charge in [-0.15, -0.1) is 0 Å². The number of hydrogen-bond acceptors (Lipinski definition) is 9. The van der Waals surface area contributed by atoms with Crippen LogP contribution in [0, 0.1) is 0 Å². The lowest BCUT2D eigenvalue weighted by Crippen LogP contribution is -2.29. The minimum absolute atomic E-state index is 0.0541. The second-order valence-corrected chi connectivity index (χ2v) is 16.1. The molecule has 0 aromatic rings. The molecule has 10 nitrogen and oxygen atoms in total. The van der Waals surface area contributed by atoms with Gasteiger partial charge in [-0.3, -0.25) is 18.6 Å². The Morgan fingerprint density at radius 1 is 0.525 bits per heavy atom.